The molecule has 19 heavy (non-hydrogen) atoms. The van der Waals surface area contributed by atoms with Gasteiger partial charge in [0, 0.05) is 24.2 Å². The molecule has 0 saturated carbocycles. The van der Waals surface area contributed by atoms with E-state index in [0.717, 1.165) is 5.56 Å². The first kappa shape index (κ1) is 13.7. The van der Waals surface area contributed by atoms with Crippen LogP contribution in [-0.4, -0.2) is 29.1 Å². The molecule has 1 atom stereocenters. The summed E-state index contributed by atoms with van der Waals surface area (Å²) in [5.74, 6) is 0.717. The number of likely N-dealkylation sites (N-methyl/N-ethyl adjacent to an activating group) is 1. The molecule has 0 N–H and O–H groups in total. The van der Waals surface area contributed by atoms with Gasteiger partial charge in [0.05, 0.1) is 0 Å². The quantitative estimate of drug-likeness (QED) is 0.586. The lowest BCUT2D eigenvalue weighted by atomic mass is 9.93. The fourth-order valence-electron chi connectivity index (χ4n) is 2.43. The molecule has 0 spiro atoms. The van der Waals surface area contributed by atoms with E-state index < -0.39 is 17.1 Å². The number of ether oxygens (including phenoxy) is 2. The van der Waals surface area contributed by atoms with Gasteiger partial charge in [-0.2, -0.15) is 0 Å². The highest BCUT2D eigenvalue weighted by Gasteiger charge is 2.45. The molecular weight excluding hydrogens is 270 g/mol. The Labute approximate surface area is 116 Å². The molecule has 0 aliphatic carbocycles. The van der Waals surface area contributed by atoms with Gasteiger partial charge in [-0.3, -0.25) is 4.90 Å². The minimum atomic E-state index is -1.15. The largest absolute Gasteiger partial charge is 0.485 e. The van der Waals surface area contributed by atoms with Gasteiger partial charge in [0.25, 0.3) is 0 Å². The second-order valence-electron chi connectivity index (χ2n) is 4.86. The van der Waals surface area contributed by atoms with Gasteiger partial charge in [-0.1, -0.05) is 18.2 Å². The zero-order chi connectivity index (χ0) is 14.2. The molecule has 0 bridgehead atoms. The number of hydrogen-bond acceptors (Lipinski definition) is 4. The summed E-state index contributed by atoms with van der Waals surface area (Å²) in [6, 6.07) is 7.08. The Balaban J connectivity index is 2.32. The summed E-state index contributed by atoms with van der Waals surface area (Å²) < 4.78 is 10.2. The van der Waals surface area contributed by atoms with E-state index >= 15 is 0 Å². The van der Waals surface area contributed by atoms with Crippen molar-refractivity contribution < 1.29 is 19.1 Å². The van der Waals surface area contributed by atoms with Crippen molar-refractivity contribution in [2.24, 2.45) is 0 Å². The summed E-state index contributed by atoms with van der Waals surface area (Å²) >= 11 is 5.05. The molecule has 5 nitrogen and oxygen atoms in total. The Morgan fingerprint density at radius 3 is 2.63 bits per heavy atom. The van der Waals surface area contributed by atoms with E-state index in [-0.39, 0.29) is 6.04 Å². The van der Waals surface area contributed by atoms with Crippen LogP contribution < -0.4 is 4.74 Å². The molecule has 0 saturated heterocycles. The Morgan fingerprint density at radius 1 is 1.37 bits per heavy atom. The fraction of sp³-hybridized carbons (Fsp3) is 0.385. The van der Waals surface area contributed by atoms with Crippen molar-refractivity contribution in [3.8, 4) is 5.75 Å². The van der Waals surface area contributed by atoms with Crippen molar-refractivity contribution in [2.45, 2.75) is 25.5 Å². The van der Waals surface area contributed by atoms with Crippen LogP contribution >= 0.6 is 11.6 Å². The Hall–Kier alpha value is -1.75. The van der Waals surface area contributed by atoms with Crippen LogP contribution in [0.1, 0.15) is 25.5 Å². The van der Waals surface area contributed by atoms with E-state index in [4.69, 9.17) is 16.3 Å². The van der Waals surface area contributed by atoms with Crippen LogP contribution in [0.25, 0.3) is 0 Å². The number of fused-ring (bicyclic) bond motifs is 1. The van der Waals surface area contributed by atoms with Crippen LogP contribution in [0.2, 0.25) is 0 Å². The fourth-order valence-corrected chi connectivity index (χ4v) is 2.50. The van der Waals surface area contributed by atoms with Crippen LogP contribution in [0.3, 0.4) is 0 Å². The monoisotopic (exact) mass is 283 g/mol. The van der Waals surface area contributed by atoms with E-state index in [9.17, 15) is 9.59 Å². The molecular formula is C13H14ClNO4. The normalized spacial score (nSPS) is 19.3. The Bertz CT molecular complexity index is 529. The first-order valence-electron chi connectivity index (χ1n) is 5.75. The number of benzene rings is 1. The van der Waals surface area contributed by atoms with Gasteiger partial charge in [0.2, 0.25) is 0 Å². The lowest BCUT2D eigenvalue weighted by molar-refractivity contribution is 0.0400. The predicted octanol–water partition coefficient (Wildman–Crippen LogP) is 3.33. The third kappa shape index (κ3) is 2.51. The van der Waals surface area contributed by atoms with Crippen molar-refractivity contribution in [2.75, 3.05) is 7.05 Å². The van der Waals surface area contributed by atoms with Crippen LogP contribution in [0.5, 0.6) is 5.75 Å². The van der Waals surface area contributed by atoms with Crippen LogP contribution in [-0.2, 0) is 4.74 Å². The van der Waals surface area contributed by atoms with E-state index in [0.29, 0.717) is 5.75 Å². The molecule has 2 rings (SSSR count). The number of rotatable bonds is 1. The van der Waals surface area contributed by atoms with E-state index in [1.807, 2.05) is 38.1 Å². The number of para-hydroxylation sites is 1. The topological polar surface area (TPSA) is 55.8 Å². The van der Waals surface area contributed by atoms with Crippen LogP contribution in [0, 0.1) is 0 Å². The van der Waals surface area contributed by atoms with Gasteiger partial charge >= 0.3 is 11.5 Å². The number of carbonyl (C=O) groups excluding carboxylic acids is 2. The molecule has 1 unspecified atom stereocenters. The second-order valence-corrected chi connectivity index (χ2v) is 5.17. The minimum absolute atomic E-state index is 0.354. The zero-order valence-electron chi connectivity index (χ0n) is 10.8. The summed E-state index contributed by atoms with van der Waals surface area (Å²) in [6.07, 6.45) is -0.807. The third-order valence-electron chi connectivity index (χ3n) is 3.09. The third-order valence-corrected chi connectivity index (χ3v) is 3.17. The van der Waals surface area contributed by atoms with Crippen molar-refractivity contribution >= 4 is 23.1 Å². The Kier molecular flexibility index (Phi) is 3.41. The van der Waals surface area contributed by atoms with Crippen LogP contribution in [0.15, 0.2) is 24.3 Å². The smallest absolute Gasteiger partial charge is 0.418 e. The molecule has 1 aromatic rings. The van der Waals surface area contributed by atoms with Gasteiger partial charge in [0.15, 0.2) is 0 Å². The molecule has 1 aliphatic rings. The maximum absolute atomic E-state index is 11.8. The van der Waals surface area contributed by atoms with Gasteiger partial charge in [-0.15, -0.1) is 0 Å². The number of halogens is 1. The zero-order valence-corrected chi connectivity index (χ0v) is 11.6. The van der Waals surface area contributed by atoms with Gasteiger partial charge < -0.3 is 9.47 Å². The standard InChI is InChI=1S/C13H14ClNO4/c1-13(2)10(15(3)12(17)18-11(14)16)8-6-4-5-7-9(8)19-13/h4-7,10H,1-3H3. The summed E-state index contributed by atoms with van der Waals surface area (Å²) in [5, 5.41) is 0. The molecule has 102 valence electrons. The van der Waals surface area contributed by atoms with Crippen molar-refractivity contribution in [3.05, 3.63) is 29.8 Å². The van der Waals surface area contributed by atoms with Gasteiger partial charge in [-0.25, -0.2) is 9.59 Å². The number of hydrogen-bond donors (Lipinski definition) is 0. The molecule has 0 radical (unpaired) electrons. The van der Waals surface area contributed by atoms with Gasteiger partial charge in [-0.05, 0) is 19.9 Å². The maximum Gasteiger partial charge on any atom is 0.418 e. The van der Waals surface area contributed by atoms with E-state index in [1.54, 1.807) is 7.05 Å². The van der Waals surface area contributed by atoms with E-state index in [2.05, 4.69) is 4.74 Å². The average Bonchev–Trinajstić information content (AvgIpc) is 2.56. The van der Waals surface area contributed by atoms with Crippen molar-refractivity contribution in [1.82, 2.24) is 4.90 Å². The van der Waals surface area contributed by atoms with Crippen molar-refractivity contribution in [3.63, 3.8) is 0 Å². The molecule has 0 aromatic heterocycles. The SMILES string of the molecule is CN(C(=O)OC(=O)Cl)C1c2ccccc2OC1(C)C. The molecule has 6 heteroatoms. The highest BCUT2D eigenvalue weighted by molar-refractivity contribution is 6.61. The lowest BCUT2D eigenvalue weighted by Crippen LogP contribution is -2.43. The summed E-state index contributed by atoms with van der Waals surface area (Å²) in [4.78, 5) is 23.7. The highest BCUT2D eigenvalue weighted by Crippen LogP contribution is 2.45. The first-order chi connectivity index (χ1) is 8.83. The Morgan fingerprint density at radius 2 is 2.00 bits per heavy atom. The minimum Gasteiger partial charge on any atom is -0.485 e. The summed E-state index contributed by atoms with van der Waals surface area (Å²) in [6.45, 7) is 3.73. The highest BCUT2D eigenvalue weighted by atomic mass is 35.5. The van der Waals surface area contributed by atoms with Crippen LogP contribution in [0.4, 0.5) is 9.59 Å². The second kappa shape index (κ2) is 4.74. The lowest BCUT2D eigenvalue weighted by Gasteiger charge is -2.32. The summed E-state index contributed by atoms with van der Waals surface area (Å²) in [5.41, 5.74) is -0.900. The average molecular weight is 284 g/mol. The van der Waals surface area contributed by atoms with Crippen molar-refractivity contribution in [1.29, 1.82) is 0 Å². The predicted molar refractivity (Wildman–Crippen MR) is 69.4 cm³/mol. The number of carbonyl (C=O) groups is 2. The number of nitrogens with zero attached hydrogens (tertiary/aromatic N) is 1. The summed E-state index contributed by atoms with van der Waals surface area (Å²) in [7, 11) is 1.54. The molecule has 0 fully saturated rings. The number of amides is 1. The van der Waals surface area contributed by atoms with E-state index in [1.165, 1.54) is 4.90 Å². The molecule has 1 heterocycles. The molecule has 1 aliphatic heterocycles. The molecule has 1 amide bonds. The molecule has 1 aromatic carbocycles. The maximum atomic E-state index is 11.8. The van der Waals surface area contributed by atoms with Gasteiger partial charge in [0.1, 0.15) is 17.4 Å². The first-order valence-corrected chi connectivity index (χ1v) is 6.13.